The maximum Gasteiger partial charge on any atom is 0.406 e. The van der Waals surface area contributed by atoms with Crippen molar-refractivity contribution in [1.82, 2.24) is 5.32 Å². The zero-order chi connectivity index (χ0) is 10.8. The lowest BCUT2D eigenvalue weighted by Crippen LogP contribution is -2.54. The van der Waals surface area contributed by atoms with Crippen molar-refractivity contribution in [2.45, 2.75) is 51.2 Å². The molecule has 0 amide bonds. The van der Waals surface area contributed by atoms with Crippen molar-refractivity contribution in [3.8, 4) is 0 Å². The quantitative estimate of drug-likeness (QED) is 0.753. The first-order valence-electron chi connectivity index (χ1n) is 5.27. The van der Waals surface area contributed by atoms with Crippen molar-refractivity contribution in [2.24, 2.45) is 5.92 Å². The minimum absolute atomic E-state index is 0.232. The van der Waals surface area contributed by atoms with Crippen LogP contribution in [-0.2, 0) is 0 Å². The van der Waals surface area contributed by atoms with Gasteiger partial charge in [0.25, 0.3) is 0 Å². The molecule has 4 heteroatoms. The van der Waals surface area contributed by atoms with E-state index in [1.54, 1.807) is 6.92 Å². The first-order chi connectivity index (χ1) is 6.45. The smallest absolute Gasteiger partial charge is 0.304 e. The average molecular weight is 209 g/mol. The van der Waals surface area contributed by atoms with Crippen LogP contribution in [0.15, 0.2) is 0 Å². The summed E-state index contributed by atoms with van der Waals surface area (Å²) in [5.41, 5.74) is -1.59. The highest BCUT2D eigenvalue weighted by atomic mass is 19.4. The van der Waals surface area contributed by atoms with Crippen LogP contribution < -0.4 is 5.32 Å². The molecule has 0 aromatic carbocycles. The Bertz CT molecular complexity index is 190. The third kappa shape index (κ3) is 2.05. The molecule has 0 bridgehead atoms. The summed E-state index contributed by atoms with van der Waals surface area (Å²) in [6.07, 6.45) is -2.07. The van der Waals surface area contributed by atoms with Gasteiger partial charge in [0, 0.05) is 0 Å². The third-order valence-electron chi connectivity index (χ3n) is 3.25. The molecule has 1 aliphatic carbocycles. The fourth-order valence-corrected chi connectivity index (χ4v) is 2.35. The Labute approximate surface area is 83.1 Å². The lowest BCUT2D eigenvalue weighted by molar-refractivity contribution is -0.195. The van der Waals surface area contributed by atoms with Crippen LogP contribution in [0, 0.1) is 5.92 Å². The maximum absolute atomic E-state index is 12.9. The molecular formula is C10H18F3N. The van der Waals surface area contributed by atoms with Gasteiger partial charge in [0.2, 0.25) is 0 Å². The SMILES string of the molecule is CCNC1(C(F)(F)F)CCC(CC)C1. The molecule has 0 radical (unpaired) electrons. The number of nitrogens with one attached hydrogen (secondary N) is 1. The minimum atomic E-state index is -4.10. The lowest BCUT2D eigenvalue weighted by Gasteiger charge is -2.32. The van der Waals surface area contributed by atoms with E-state index in [4.69, 9.17) is 0 Å². The van der Waals surface area contributed by atoms with Crippen LogP contribution >= 0.6 is 0 Å². The van der Waals surface area contributed by atoms with Crippen LogP contribution in [0.3, 0.4) is 0 Å². The van der Waals surface area contributed by atoms with Gasteiger partial charge in [-0.3, -0.25) is 0 Å². The Morgan fingerprint density at radius 1 is 1.36 bits per heavy atom. The molecule has 1 saturated carbocycles. The van der Waals surface area contributed by atoms with E-state index in [0.29, 0.717) is 13.0 Å². The van der Waals surface area contributed by atoms with Gasteiger partial charge in [-0.1, -0.05) is 20.3 Å². The molecule has 0 heterocycles. The van der Waals surface area contributed by atoms with Gasteiger partial charge in [0.1, 0.15) is 5.54 Å². The Hall–Kier alpha value is -0.250. The maximum atomic E-state index is 12.9. The van der Waals surface area contributed by atoms with Gasteiger partial charge >= 0.3 is 6.18 Å². The Balaban J connectivity index is 2.75. The van der Waals surface area contributed by atoms with Gasteiger partial charge in [-0.25, -0.2) is 0 Å². The summed E-state index contributed by atoms with van der Waals surface area (Å²) < 4.78 is 38.6. The molecule has 0 aromatic rings. The summed E-state index contributed by atoms with van der Waals surface area (Å²) in [6, 6.07) is 0. The predicted octanol–water partition coefficient (Wildman–Crippen LogP) is 3.11. The molecule has 14 heavy (non-hydrogen) atoms. The second-order valence-electron chi connectivity index (χ2n) is 4.13. The number of alkyl halides is 3. The molecule has 0 aliphatic heterocycles. The fraction of sp³-hybridized carbons (Fsp3) is 1.00. The van der Waals surface area contributed by atoms with E-state index in [2.05, 4.69) is 5.32 Å². The van der Waals surface area contributed by atoms with E-state index in [-0.39, 0.29) is 18.8 Å². The summed E-state index contributed by atoms with van der Waals surface area (Å²) in [4.78, 5) is 0. The molecule has 0 spiro atoms. The number of halogens is 3. The molecule has 1 N–H and O–H groups in total. The molecule has 0 aromatic heterocycles. The van der Waals surface area contributed by atoms with Crippen molar-refractivity contribution in [1.29, 1.82) is 0 Å². The molecule has 1 aliphatic rings. The number of rotatable bonds is 3. The normalized spacial score (nSPS) is 33.6. The van der Waals surface area contributed by atoms with Crippen LogP contribution in [-0.4, -0.2) is 18.3 Å². The van der Waals surface area contributed by atoms with Crippen LogP contribution in [0.2, 0.25) is 0 Å². The van der Waals surface area contributed by atoms with E-state index >= 15 is 0 Å². The van der Waals surface area contributed by atoms with Gasteiger partial charge in [-0.05, 0) is 31.7 Å². The summed E-state index contributed by atoms with van der Waals surface area (Å²) in [7, 11) is 0. The van der Waals surface area contributed by atoms with Crippen molar-refractivity contribution in [3.63, 3.8) is 0 Å². The molecular weight excluding hydrogens is 191 g/mol. The van der Waals surface area contributed by atoms with E-state index in [1.165, 1.54) is 0 Å². The molecule has 2 atom stereocenters. The van der Waals surface area contributed by atoms with Gasteiger partial charge in [-0.2, -0.15) is 13.2 Å². The highest BCUT2D eigenvalue weighted by Gasteiger charge is 2.57. The molecule has 84 valence electrons. The van der Waals surface area contributed by atoms with Gasteiger partial charge in [0.05, 0.1) is 0 Å². The lowest BCUT2D eigenvalue weighted by atomic mass is 9.94. The number of hydrogen-bond acceptors (Lipinski definition) is 1. The standard InChI is InChI=1S/C10H18F3N/c1-3-8-5-6-9(7-8,14-4-2)10(11,12)13/h8,14H,3-7H2,1-2H3. The van der Waals surface area contributed by atoms with E-state index in [9.17, 15) is 13.2 Å². The average Bonchev–Trinajstić information content (AvgIpc) is 2.49. The Morgan fingerprint density at radius 2 is 2.00 bits per heavy atom. The van der Waals surface area contributed by atoms with Crippen LogP contribution in [0.1, 0.15) is 39.5 Å². The second kappa shape index (κ2) is 4.09. The first-order valence-corrected chi connectivity index (χ1v) is 5.27. The summed E-state index contributed by atoms with van der Waals surface area (Å²) >= 11 is 0. The first kappa shape index (κ1) is 11.8. The van der Waals surface area contributed by atoms with E-state index < -0.39 is 11.7 Å². The highest BCUT2D eigenvalue weighted by molar-refractivity contribution is 5.01. The van der Waals surface area contributed by atoms with Crippen molar-refractivity contribution >= 4 is 0 Å². The second-order valence-corrected chi connectivity index (χ2v) is 4.13. The molecule has 0 saturated heterocycles. The van der Waals surface area contributed by atoms with Crippen molar-refractivity contribution < 1.29 is 13.2 Å². The molecule has 1 nitrogen and oxygen atoms in total. The molecule has 1 rings (SSSR count). The Morgan fingerprint density at radius 3 is 2.36 bits per heavy atom. The van der Waals surface area contributed by atoms with Crippen LogP contribution in [0.4, 0.5) is 13.2 Å². The Kier molecular flexibility index (Phi) is 3.45. The van der Waals surface area contributed by atoms with Crippen molar-refractivity contribution in [2.75, 3.05) is 6.54 Å². The summed E-state index contributed by atoms with van der Waals surface area (Å²) in [6.45, 7) is 4.08. The topological polar surface area (TPSA) is 12.0 Å². The number of hydrogen-bond donors (Lipinski definition) is 1. The largest absolute Gasteiger partial charge is 0.406 e. The van der Waals surface area contributed by atoms with Crippen molar-refractivity contribution in [3.05, 3.63) is 0 Å². The van der Waals surface area contributed by atoms with Crippen LogP contribution in [0.25, 0.3) is 0 Å². The fourth-order valence-electron chi connectivity index (χ4n) is 2.35. The zero-order valence-electron chi connectivity index (χ0n) is 8.75. The predicted molar refractivity (Wildman–Crippen MR) is 50.1 cm³/mol. The van der Waals surface area contributed by atoms with E-state index in [1.807, 2.05) is 6.92 Å². The monoisotopic (exact) mass is 209 g/mol. The van der Waals surface area contributed by atoms with E-state index in [0.717, 1.165) is 6.42 Å². The zero-order valence-corrected chi connectivity index (χ0v) is 8.75. The highest BCUT2D eigenvalue weighted by Crippen LogP contribution is 2.46. The summed E-state index contributed by atoms with van der Waals surface area (Å²) in [5.74, 6) is 0.232. The van der Waals surface area contributed by atoms with Gasteiger partial charge < -0.3 is 5.32 Å². The molecule has 1 fully saturated rings. The van der Waals surface area contributed by atoms with Crippen LogP contribution in [0.5, 0.6) is 0 Å². The minimum Gasteiger partial charge on any atom is -0.304 e. The van der Waals surface area contributed by atoms with Gasteiger partial charge in [0.15, 0.2) is 0 Å². The molecule has 2 unspecified atom stereocenters. The third-order valence-corrected chi connectivity index (χ3v) is 3.25. The van der Waals surface area contributed by atoms with Gasteiger partial charge in [-0.15, -0.1) is 0 Å². The summed E-state index contributed by atoms with van der Waals surface area (Å²) in [5, 5.41) is 2.64.